The SMILES string of the molecule is Cc1cc(C(F)(F)F)c(CN)c(=O)[nH]1.Cl. The molecule has 7 heteroatoms. The predicted octanol–water partition coefficient (Wildman–Crippen LogP) is 1.58. The lowest BCUT2D eigenvalue weighted by Gasteiger charge is -2.11. The molecular formula is C8H10ClF3N2O. The Morgan fingerprint density at radius 1 is 1.47 bits per heavy atom. The topological polar surface area (TPSA) is 58.9 Å². The highest BCUT2D eigenvalue weighted by molar-refractivity contribution is 5.85. The first-order valence-electron chi connectivity index (χ1n) is 3.86. The van der Waals surface area contributed by atoms with Gasteiger partial charge in [-0.05, 0) is 13.0 Å². The molecule has 0 amide bonds. The van der Waals surface area contributed by atoms with Crippen molar-refractivity contribution >= 4 is 12.4 Å². The zero-order valence-electron chi connectivity index (χ0n) is 7.81. The van der Waals surface area contributed by atoms with Crippen LogP contribution in [-0.4, -0.2) is 4.98 Å². The summed E-state index contributed by atoms with van der Waals surface area (Å²) < 4.78 is 37.2. The van der Waals surface area contributed by atoms with Gasteiger partial charge in [0.2, 0.25) is 0 Å². The highest BCUT2D eigenvalue weighted by Gasteiger charge is 2.34. The first kappa shape index (κ1) is 14.0. The first-order chi connectivity index (χ1) is 6.36. The number of aromatic nitrogens is 1. The molecule has 1 aromatic heterocycles. The predicted molar refractivity (Wildman–Crippen MR) is 51.9 cm³/mol. The number of H-pyrrole nitrogens is 1. The van der Waals surface area contributed by atoms with Crippen molar-refractivity contribution in [2.75, 3.05) is 0 Å². The van der Waals surface area contributed by atoms with Crippen LogP contribution in [0, 0.1) is 6.92 Å². The van der Waals surface area contributed by atoms with Crippen LogP contribution in [0.4, 0.5) is 13.2 Å². The fourth-order valence-electron chi connectivity index (χ4n) is 1.17. The van der Waals surface area contributed by atoms with E-state index >= 15 is 0 Å². The number of hydrogen-bond donors (Lipinski definition) is 2. The largest absolute Gasteiger partial charge is 0.416 e. The minimum atomic E-state index is -4.53. The van der Waals surface area contributed by atoms with E-state index in [1.165, 1.54) is 6.92 Å². The Labute approximate surface area is 89.9 Å². The highest BCUT2D eigenvalue weighted by Crippen LogP contribution is 2.30. The lowest BCUT2D eigenvalue weighted by atomic mass is 10.1. The van der Waals surface area contributed by atoms with Gasteiger partial charge in [-0.1, -0.05) is 0 Å². The van der Waals surface area contributed by atoms with Crippen LogP contribution in [0.5, 0.6) is 0 Å². The van der Waals surface area contributed by atoms with Crippen molar-refractivity contribution < 1.29 is 13.2 Å². The zero-order chi connectivity index (χ0) is 10.9. The second kappa shape index (κ2) is 4.67. The molecule has 0 unspecified atom stereocenters. The van der Waals surface area contributed by atoms with Crippen LogP contribution in [0.15, 0.2) is 10.9 Å². The number of alkyl halides is 3. The van der Waals surface area contributed by atoms with E-state index in [0.717, 1.165) is 6.07 Å². The maximum Gasteiger partial charge on any atom is 0.416 e. The van der Waals surface area contributed by atoms with Crippen molar-refractivity contribution in [3.05, 3.63) is 33.2 Å². The molecule has 0 aromatic carbocycles. The van der Waals surface area contributed by atoms with Crippen molar-refractivity contribution in [3.63, 3.8) is 0 Å². The molecule has 0 saturated carbocycles. The maximum atomic E-state index is 12.4. The molecule has 0 saturated heterocycles. The van der Waals surface area contributed by atoms with E-state index in [9.17, 15) is 18.0 Å². The lowest BCUT2D eigenvalue weighted by Crippen LogP contribution is -2.23. The van der Waals surface area contributed by atoms with E-state index in [4.69, 9.17) is 5.73 Å². The molecule has 3 N–H and O–H groups in total. The minimum Gasteiger partial charge on any atom is -0.326 e. The van der Waals surface area contributed by atoms with Crippen molar-refractivity contribution in [1.29, 1.82) is 0 Å². The highest BCUT2D eigenvalue weighted by atomic mass is 35.5. The van der Waals surface area contributed by atoms with Gasteiger partial charge in [-0.15, -0.1) is 12.4 Å². The van der Waals surface area contributed by atoms with E-state index < -0.39 is 29.4 Å². The molecule has 0 aliphatic carbocycles. The maximum absolute atomic E-state index is 12.4. The van der Waals surface area contributed by atoms with Gasteiger partial charge in [0, 0.05) is 17.8 Å². The van der Waals surface area contributed by atoms with Crippen LogP contribution < -0.4 is 11.3 Å². The van der Waals surface area contributed by atoms with E-state index in [1.807, 2.05) is 0 Å². The molecule has 1 rings (SSSR count). The second-order valence-corrected chi connectivity index (χ2v) is 2.88. The monoisotopic (exact) mass is 242 g/mol. The van der Waals surface area contributed by atoms with Crippen LogP contribution >= 0.6 is 12.4 Å². The molecule has 0 aliphatic rings. The Kier molecular flexibility index (Phi) is 4.36. The number of nitrogens with two attached hydrogens (primary N) is 1. The van der Waals surface area contributed by atoms with Gasteiger partial charge in [0.25, 0.3) is 5.56 Å². The van der Waals surface area contributed by atoms with Crippen LogP contribution in [0.3, 0.4) is 0 Å². The van der Waals surface area contributed by atoms with Crippen LogP contribution in [0.25, 0.3) is 0 Å². The summed E-state index contributed by atoms with van der Waals surface area (Å²) in [7, 11) is 0. The van der Waals surface area contributed by atoms with Gasteiger partial charge < -0.3 is 10.7 Å². The average Bonchev–Trinajstić information content (AvgIpc) is 2.01. The molecule has 1 heterocycles. The summed E-state index contributed by atoms with van der Waals surface area (Å²) in [5.41, 5.74) is 3.08. The Hall–Kier alpha value is -1.01. The molecule has 0 spiro atoms. The fraction of sp³-hybridized carbons (Fsp3) is 0.375. The van der Waals surface area contributed by atoms with Crippen molar-refractivity contribution in [2.24, 2.45) is 5.73 Å². The number of pyridine rings is 1. The van der Waals surface area contributed by atoms with Crippen LogP contribution in [-0.2, 0) is 12.7 Å². The van der Waals surface area contributed by atoms with Crippen molar-refractivity contribution in [2.45, 2.75) is 19.6 Å². The molecule has 0 atom stereocenters. The third-order valence-corrected chi connectivity index (χ3v) is 1.78. The fourth-order valence-corrected chi connectivity index (χ4v) is 1.17. The number of halogens is 4. The Balaban J connectivity index is 0.00000196. The summed E-state index contributed by atoms with van der Waals surface area (Å²) in [6, 6.07) is 0.879. The summed E-state index contributed by atoms with van der Waals surface area (Å²) in [5.74, 6) is 0. The summed E-state index contributed by atoms with van der Waals surface area (Å²) in [5, 5.41) is 0. The van der Waals surface area contributed by atoms with E-state index in [-0.39, 0.29) is 18.1 Å². The molecule has 1 aromatic rings. The molecular weight excluding hydrogens is 233 g/mol. The number of nitrogens with one attached hydrogen (secondary N) is 1. The average molecular weight is 243 g/mol. The molecule has 0 bridgehead atoms. The van der Waals surface area contributed by atoms with E-state index in [1.54, 1.807) is 0 Å². The molecule has 3 nitrogen and oxygen atoms in total. The van der Waals surface area contributed by atoms with Gasteiger partial charge in [0.1, 0.15) is 0 Å². The zero-order valence-corrected chi connectivity index (χ0v) is 8.63. The van der Waals surface area contributed by atoms with Crippen molar-refractivity contribution in [1.82, 2.24) is 4.98 Å². The first-order valence-corrected chi connectivity index (χ1v) is 3.86. The van der Waals surface area contributed by atoms with E-state index in [2.05, 4.69) is 4.98 Å². The Bertz CT molecular complexity index is 400. The number of aryl methyl sites for hydroxylation is 1. The molecule has 0 aliphatic heterocycles. The molecule has 15 heavy (non-hydrogen) atoms. The smallest absolute Gasteiger partial charge is 0.326 e. The molecule has 0 fully saturated rings. The quantitative estimate of drug-likeness (QED) is 0.786. The van der Waals surface area contributed by atoms with Gasteiger partial charge in [0.05, 0.1) is 5.56 Å². The summed E-state index contributed by atoms with van der Waals surface area (Å²) in [6.07, 6.45) is -4.53. The van der Waals surface area contributed by atoms with Crippen LogP contribution in [0.1, 0.15) is 16.8 Å². The number of hydrogen-bond acceptors (Lipinski definition) is 2. The Morgan fingerprint density at radius 2 is 2.00 bits per heavy atom. The van der Waals surface area contributed by atoms with Crippen LogP contribution in [0.2, 0.25) is 0 Å². The second-order valence-electron chi connectivity index (χ2n) is 2.88. The van der Waals surface area contributed by atoms with Gasteiger partial charge >= 0.3 is 6.18 Å². The molecule has 0 radical (unpaired) electrons. The van der Waals surface area contributed by atoms with Crippen molar-refractivity contribution in [3.8, 4) is 0 Å². The number of rotatable bonds is 1. The minimum absolute atomic E-state index is 0. The summed E-state index contributed by atoms with van der Waals surface area (Å²) in [4.78, 5) is 13.4. The summed E-state index contributed by atoms with van der Waals surface area (Å²) in [6.45, 7) is 0.960. The number of aromatic amines is 1. The van der Waals surface area contributed by atoms with E-state index in [0.29, 0.717) is 0 Å². The normalized spacial score (nSPS) is 11.0. The van der Waals surface area contributed by atoms with Gasteiger partial charge in [-0.25, -0.2) is 0 Å². The summed E-state index contributed by atoms with van der Waals surface area (Å²) >= 11 is 0. The Morgan fingerprint density at radius 3 is 2.40 bits per heavy atom. The van der Waals surface area contributed by atoms with Gasteiger partial charge in [-0.3, -0.25) is 4.79 Å². The standard InChI is InChI=1S/C8H9F3N2O.ClH/c1-4-2-6(8(9,10)11)5(3-12)7(14)13-4;/h2H,3,12H2,1H3,(H,13,14);1H. The third kappa shape index (κ3) is 2.97. The van der Waals surface area contributed by atoms with Gasteiger partial charge in [0.15, 0.2) is 0 Å². The third-order valence-electron chi connectivity index (χ3n) is 1.78. The lowest BCUT2D eigenvalue weighted by molar-refractivity contribution is -0.138. The van der Waals surface area contributed by atoms with Gasteiger partial charge in [-0.2, -0.15) is 13.2 Å². The molecule has 86 valence electrons.